The van der Waals surface area contributed by atoms with Crippen molar-refractivity contribution in [2.24, 2.45) is 0 Å². The lowest BCUT2D eigenvalue weighted by Crippen LogP contribution is -2.26. The molecule has 0 radical (unpaired) electrons. The molecule has 32 heavy (non-hydrogen) atoms. The largest absolute Gasteiger partial charge is 0.490 e. The molecule has 0 bridgehead atoms. The zero-order chi connectivity index (χ0) is 22.2. The number of rotatable bonds is 7. The molecule has 1 amide bonds. The van der Waals surface area contributed by atoms with E-state index in [0.717, 1.165) is 39.7 Å². The van der Waals surface area contributed by atoms with Crippen molar-refractivity contribution < 1.29 is 14.6 Å². The van der Waals surface area contributed by atoms with Crippen molar-refractivity contribution in [3.8, 4) is 16.2 Å². The van der Waals surface area contributed by atoms with Crippen LogP contribution in [0.2, 0.25) is 4.34 Å². The van der Waals surface area contributed by atoms with Crippen LogP contribution in [0.25, 0.3) is 21.3 Å². The molecule has 5 rings (SSSR count). The maximum Gasteiger partial charge on any atom is 0.254 e. The molecule has 3 heterocycles. The number of aliphatic hydroxyl groups excluding tert-OH is 1. The highest BCUT2D eigenvalue weighted by atomic mass is 35.5. The van der Waals surface area contributed by atoms with Crippen LogP contribution in [-0.2, 0) is 13.2 Å². The number of aliphatic hydroxyl groups is 1. The van der Waals surface area contributed by atoms with E-state index in [1.807, 2.05) is 30.3 Å². The van der Waals surface area contributed by atoms with Gasteiger partial charge in [0.25, 0.3) is 5.91 Å². The molecule has 1 aliphatic rings. The average Bonchev–Trinajstić information content (AvgIpc) is 3.28. The van der Waals surface area contributed by atoms with Crippen molar-refractivity contribution in [1.82, 2.24) is 20.1 Å². The number of carbonyl (C=O) groups excluding carboxylic acids is 1. The number of aromatic nitrogens is 3. The molecule has 7 nitrogen and oxygen atoms in total. The standard InChI is InChI=1S/C23H21ClN4O3S/c1-28(11-14-9-25-18(12-29)17-10-26-27-22(14)17)23(30)13-2-5-16(20-6-7-21(24)32-20)19(8-13)31-15-3-4-15/h2,5-10,15,29H,3-4,11-12H2,1H3,(H,26,27). The summed E-state index contributed by atoms with van der Waals surface area (Å²) >= 11 is 7.61. The highest BCUT2D eigenvalue weighted by Gasteiger charge is 2.26. The van der Waals surface area contributed by atoms with E-state index >= 15 is 0 Å². The molecule has 2 N–H and O–H groups in total. The minimum absolute atomic E-state index is 0.125. The first-order valence-electron chi connectivity index (χ1n) is 10.3. The molecule has 4 aromatic rings. The number of carbonyl (C=O) groups is 1. The van der Waals surface area contributed by atoms with Gasteiger partial charge in [0.1, 0.15) is 5.75 Å². The zero-order valence-corrected chi connectivity index (χ0v) is 18.9. The van der Waals surface area contributed by atoms with E-state index in [9.17, 15) is 9.90 Å². The van der Waals surface area contributed by atoms with Crippen molar-refractivity contribution in [3.05, 3.63) is 63.9 Å². The van der Waals surface area contributed by atoms with E-state index in [1.165, 1.54) is 11.3 Å². The van der Waals surface area contributed by atoms with E-state index in [2.05, 4.69) is 15.2 Å². The number of aromatic amines is 1. The summed E-state index contributed by atoms with van der Waals surface area (Å²) in [6.07, 6.45) is 5.56. The van der Waals surface area contributed by atoms with Crippen LogP contribution < -0.4 is 4.74 Å². The number of hydrogen-bond donors (Lipinski definition) is 2. The molecule has 0 saturated heterocycles. The number of nitrogens with one attached hydrogen (secondary N) is 1. The maximum atomic E-state index is 13.2. The van der Waals surface area contributed by atoms with E-state index < -0.39 is 0 Å². The summed E-state index contributed by atoms with van der Waals surface area (Å²) in [5, 5.41) is 17.2. The molecule has 0 spiro atoms. The number of halogens is 1. The number of amides is 1. The lowest BCUT2D eigenvalue weighted by Gasteiger charge is -2.19. The SMILES string of the molecule is CN(Cc1cnc(CO)c2cn[nH]c12)C(=O)c1ccc(-c2ccc(Cl)s2)c(OC2CC2)c1. The predicted molar refractivity (Wildman–Crippen MR) is 124 cm³/mol. The third-order valence-electron chi connectivity index (χ3n) is 5.44. The van der Waals surface area contributed by atoms with E-state index in [-0.39, 0.29) is 18.6 Å². The lowest BCUT2D eigenvalue weighted by atomic mass is 10.1. The summed E-state index contributed by atoms with van der Waals surface area (Å²) in [6.45, 7) is 0.175. The Hall–Kier alpha value is -2.94. The van der Waals surface area contributed by atoms with Crippen LogP contribution in [0, 0.1) is 0 Å². The Bertz CT molecular complexity index is 1300. The fourth-order valence-corrected chi connectivity index (χ4v) is 4.69. The van der Waals surface area contributed by atoms with Crippen LogP contribution in [0.15, 0.2) is 42.7 Å². The highest BCUT2D eigenvalue weighted by molar-refractivity contribution is 7.19. The Morgan fingerprint density at radius 3 is 2.88 bits per heavy atom. The predicted octanol–water partition coefficient (Wildman–Crippen LogP) is 4.65. The molecule has 1 aliphatic carbocycles. The summed E-state index contributed by atoms with van der Waals surface area (Å²) < 4.78 is 6.84. The van der Waals surface area contributed by atoms with Crippen LogP contribution in [0.4, 0.5) is 0 Å². The fourth-order valence-electron chi connectivity index (χ4n) is 3.61. The third-order valence-corrected chi connectivity index (χ3v) is 6.70. The summed E-state index contributed by atoms with van der Waals surface area (Å²) in [6, 6.07) is 9.39. The van der Waals surface area contributed by atoms with Gasteiger partial charge in [0.15, 0.2) is 0 Å². The third kappa shape index (κ3) is 4.09. The molecule has 0 atom stereocenters. The Morgan fingerprint density at radius 1 is 1.31 bits per heavy atom. The number of ether oxygens (including phenoxy) is 1. The number of nitrogens with zero attached hydrogens (tertiary/aromatic N) is 3. The Balaban J connectivity index is 1.42. The van der Waals surface area contributed by atoms with Crippen LogP contribution in [-0.4, -0.2) is 44.2 Å². The Labute approximate surface area is 193 Å². The van der Waals surface area contributed by atoms with Gasteiger partial charge < -0.3 is 14.7 Å². The van der Waals surface area contributed by atoms with Gasteiger partial charge in [0.2, 0.25) is 0 Å². The van der Waals surface area contributed by atoms with Crippen LogP contribution in [0.5, 0.6) is 5.75 Å². The van der Waals surface area contributed by atoms with Crippen molar-refractivity contribution in [3.63, 3.8) is 0 Å². The second kappa shape index (κ2) is 8.54. The van der Waals surface area contributed by atoms with Gasteiger partial charge in [0, 0.05) is 46.7 Å². The zero-order valence-electron chi connectivity index (χ0n) is 17.3. The average molecular weight is 469 g/mol. The van der Waals surface area contributed by atoms with Crippen molar-refractivity contribution in [2.45, 2.75) is 32.1 Å². The molecule has 3 aromatic heterocycles. The molecule has 0 unspecified atom stereocenters. The molecule has 0 aliphatic heterocycles. The Kier molecular flexibility index (Phi) is 5.58. The number of H-pyrrole nitrogens is 1. The normalized spacial score (nSPS) is 13.5. The molecular formula is C23H21ClN4O3S. The monoisotopic (exact) mass is 468 g/mol. The molecular weight excluding hydrogens is 448 g/mol. The van der Waals surface area contributed by atoms with Gasteiger partial charge in [-0.25, -0.2) is 0 Å². The minimum Gasteiger partial charge on any atom is -0.490 e. The number of hydrogen-bond acceptors (Lipinski definition) is 6. The molecule has 1 fully saturated rings. The first-order valence-corrected chi connectivity index (χ1v) is 11.5. The van der Waals surface area contributed by atoms with Gasteiger partial charge in [-0.05, 0) is 43.2 Å². The fraction of sp³-hybridized carbons (Fsp3) is 0.261. The van der Waals surface area contributed by atoms with E-state index in [1.54, 1.807) is 24.3 Å². The van der Waals surface area contributed by atoms with Gasteiger partial charge in [-0.15, -0.1) is 11.3 Å². The van der Waals surface area contributed by atoms with Crippen LogP contribution in [0.1, 0.15) is 34.5 Å². The Morgan fingerprint density at radius 2 is 2.16 bits per heavy atom. The second-order valence-electron chi connectivity index (χ2n) is 7.84. The van der Waals surface area contributed by atoms with Gasteiger partial charge in [-0.1, -0.05) is 11.6 Å². The maximum absolute atomic E-state index is 13.2. The summed E-state index contributed by atoms with van der Waals surface area (Å²) in [7, 11) is 1.75. The van der Waals surface area contributed by atoms with Gasteiger partial charge >= 0.3 is 0 Å². The van der Waals surface area contributed by atoms with Gasteiger partial charge in [0.05, 0.1) is 34.5 Å². The summed E-state index contributed by atoms with van der Waals surface area (Å²) in [5.74, 6) is 0.579. The van der Waals surface area contributed by atoms with Crippen LogP contribution >= 0.6 is 22.9 Å². The quantitative estimate of drug-likeness (QED) is 0.412. The van der Waals surface area contributed by atoms with Crippen LogP contribution in [0.3, 0.4) is 0 Å². The van der Waals surface area contributed by atoms with Crippen molar-refractivity contribution in [1.29, 1.82) is 0 Å². The molecule has 164 valence electrons. The molecule has 1 aromatic carbocycles. The number of thiophene rings is 1. The van der Waals surface area contributed by atoms with Gasteiger partial charge in [-0.3, -0.25) is 14.9 Å². The first-order chi connectivity index (χ1) is 15.5. The highest BCUT2D eigenvalue weighted by Crippen LogP contribution is 2.40. The number of pyridine rings is 1. The molecule has 9 heteroatoms. The van der Waals surface area contributed by atoms with Crippen molar-refractivity contribution in [2.75, 3.05) is 7.05 Å². The number of benzene rings is 1. The lowest BCUT2D eigenvalue weighted by molar-refractivity contribution is 0.0785. The smallest absolute Gasteiger partial charge is 0.254 e. The number of fused-ring (bicyclic) bond motifs is 1. The van der Waals surface area contributed by atoms with Crippen molar-refractivity contribution >= 4 is 39.7 Å². The van der Waals surface area contributed by atoms with E-state index in [0.29, 0.717) is 27.9 Å². The first kappa shape index (κ1) is 20.9. The topological polar surface area (TPSA) is 91.3 Å². The summed E-state index contributed by atoms with van der Waals surface area (Å²) in [5.41, 5.74) is 3.64. The minimum atomic E-state index is -0.170. The van der Waals surface area contributed by atoms with E-state index in [4.69, 9.17) is 16.3 Å². The molecule has 1 saturated carbocycles. The second-order valence-corrected chi connectivity index (χ2v) is 9.56. The summed E-state index contributed by atoms with van der Waals surface area (Å²) in [4.78, 5) is 20.2. The van der Waals surface area contributed by atoms with Gasteiger partial charge in [-0.2, -0.15) is 5.10 Å².